The first-order valence-electron chi connectivity index (χ1n) is 6.53. The first kappa shape index (κ1) is 11.7. The van der Waals surface area contributed by atoms with Crippen molar-refractivity contribution in [2.45, 2.75) is 18.5 Å². The monoisotopic (exact) mass is 285 g/mol. The molecule has 2 aliphatic rings. The molecule has 2 aromatic rings. The molecule has 4 rings (SSSR count). The number of carbonyl (C=O) groups is 1. The fourth-order valence-corrected chi connectivity index (χ4v) is 3.25. The quantitative estimate of drug-likeness (QED) is 0.875. The Bertz CT molecular complexity index is 701. The number of hydrogen-bond donors (Lipinski definition) is 1. The maximum Gasteiger partial charge on any atom is 0.229 e. The van der Waals surface area contributed by atoms with Crippen molar-refractivity contribution >= 4 is 29.0 Å². The summed E-state index contributed by atoms with van der Waals surface area (Å²) in [5.41, 5.74) is 1.37. The van der Waals surface area contributed by atoms with Gasteiger partial charge in [0.05, 0.1) is 5.69 Å². The number of nitrogens with one attached hydrogen (secondary N) is 1. The molecule has 0 aliphatic carbocycles. The van der Waals surface area contributed by atoms with E-state index in [9.17, 15) is 4.79 Å². The van der Waals surface area contributed by atoms with Gasteiger partial charge in [-0.15, -0.1) is 0 Å². The van der Waals surface area contributed by atoms with Crippen LogP contribution in [-0.2, 0) is 10.5 Å². The van der Waals surface area contributed by atoms with Gasteiger partial charge in [-0.05, 0) is 29.8 Å². The normalized spacial score (nSPS) is 23.4. The summed E-state index contributed by atoms with van der Waals surface area (Å²) in [5.74, 6) is 0.884. The first-order valence-corrected chi connectivity index (χ1v) is 6.91. The van der Waals surface area contributed by atoms with Gasteiger partial charge in [-0.2, -0.15) is 0 Å². The molecule has 1 aromatic heterocycles. The van der Waals surface area contributed by atoms with Gasteiger partial charge >= 0.3 is 0 Å². The number of benzene rings is 1. The van der Waals surface area contributed by atoms with Crippen molar-refractivity contribution in [2.24, 2.45) is 0 Å². The molecule has 1 fully saturated rings. The van der Waals surface area contributed by atoms with E-state index in [1.807, 2.05) is 41.3 Å². The molecule has 100 valence electrons. The fraction of sp³-hybridized carbons (Fsp3) is 0.200. The zero-order valence-corrected chi connectivity index (χ0v) is 11.4. The van der Waals surface area contributed by atoms with Gasteiger partial charge in [0.25, 0.3) is 0 Å². The molecular weight excluding hydrogens is 274 g/mol. The van der Waals surface area contributed by atoms with E-state index in [2.05, 4.69) is 10.3 Å². The Labute approximate surface area is 121 Å². The van der Waals surface area contributed by atoms with Crippen LogP contribution in [0.1, 0.15) is 18.4 Å². The summed E-state index contributed by atoms with van der Waals surface area (Å²) in [6.07, 6.45) is 2.99. The molecule has 2 aliphatic heterocycles. The van der Waals surface area contributed by atoms with E-state index in [1.165, 1.54) is 0 Å². The van der Waals surface area contributed by atoms with Crippen LogP contribution in [-0.4, -0.2) is 10.9 Å². The number of aromatic nitrogens is 1. The molecule has 1 atom stereocenters. The standard InChI is InChI=1S/C15H12ClN3O/c16-11-5-3-10(4-6-11)15-8-7-13(20)19(15)12-2-1-9-17-14(12)18-15/h1-6,9H,7-8H2,(H,17,18). The van der Waals surface area contributed by atoms with Gasteiger partial charge in [0.1, 0.15) is 5.66 Å². The Morgan fingerprint density at radius 3 is 2.85 bits per heavy atom. The predicted octanol–water partition coefficient (Wildman–Crippen LogP) is 3.14. The van der Waals surface area contributed by atoms with Crippen molar-refractivity contribution in [1.29, 1.82) is 0 Å². The van der Waals surface area contributed by atoms with Gasteiger partial charge in [0.15, 0.2) is 5.82 Å². The van der Waals surface area contributed by atoms with Crippen LogP contribution in [0.15, 0.2) is 42.6 Å². The topological polar surface area (TPSA) is 45.2 Å². The second kappa shape index (κ2) is 3.96. The highest BCUT2D eigenvalue weighted by Crippen LogP contribution is 2.50. The average Bonchev–Trinajstić information content (AvgIpc) is 2.96. The molecule has 1 unspecified atom stereocenters. The molecule has 20 heavy (non-hydrogen) atoms. The van der Waals surface area contributed by atoms with Gasteiger partial charge in [-0.1, -0.05) is 23.7 Å². The molecule has 5 heteroatoms. The highest BCUT2D eigenvalue weighted by Gasteiger charge is 2.52. The Morgan fingerprint density at radius 1 is 1.25 bits per heavy atom. The second-order valence-electron chi connectivity index (χ2n) is 5.09. The van der Waals surface area contributed by atoms with E-state index in [4.69, 9.17) is 11.6 Å². The van der Waals surface area contributed by atoms with Gasteiger partial charge in [0, 0.05) is 24.1 Å². The van der Waals surface area contributed by atoms with Crippen molar-refractivity contribution in [1.82, 2.24) is 4.98 Å². The van der Waals surface area contributed by atoms with Crippen LogP contribution < -0.4 is 10.2 Å². The number of nitrogens with zero attached hydrogens (tertiary/aromatic N) is 2. The number of rotatable bonds is 1. The molecule has 4 nitrogen and oxygen atoms in total. The lowest BCUT2D eigenvalue weighted by Gasteiger charge is -2.32. The highest BCUT2D eigenvalue weighted by atomic mass is 35.5. The van der Waals surface area contributed by atoms with Gasteiger partial charge < -0.3 is 5.32 Å². The zero-order chi connectivity index (χ0) is 13.7. The molecular formula is C15H12ClN3O. The van der Waals surface area contributed by atoms with Crippen molar-refractivity contribution in [3.05, 3.63) is 53.2 Å². The smallest absolute Gasteiger partial charge is 0.229 e. The highest BCUT2D eigenvalue weighted by molar-refractivity contribution is 6.30. The molecule has 0 radical (unpaired) electrons. The third-order valence-corrected chi connectivity index (χ3v) is 4.26. The SMILES string of the molecule is O=C1CCC2(c3ccc(Cl)cc3)Nc3ncccc3N12. The maximum atomic E-state index is 12.3. The van der Waals surface area contributed by atoms with Crippen LogP contribution in [0.2, 0.25) is 5.02 Å². The van der Waals surface area contributed by atoms with E-state index in [0.29, 0.717) is 11.4 Å². The predicted molar refractivity (Wildman–Crippen MR) is 77.7 cm³/mol. The first-order chi connectivity index (χ1) is 9.71. The number of amides is 1. The summed E-state index contributed by atoms with van der Waals surface area (Å²) in [6.45, 7) is 0. The van der Waals surface area contributed by atoms with E-state index in [1.54, 1.807) is 6.20 Å². The molecule has 0 bridgehead atoms. The molecule has 3 heterocycles. The minimum Gasteiger partial charge on any atom is -0.342 e. The number of carbonyl (C=O) groups excluding carboxylic acids is 1. The number of fused-ring (bicyclic) bond motifs is 3. The number of pyridine rings is 1. The second-order valence-corrected chi connectivity index (χ2v) is 5.53. The Hall–Kier alpha value is -2.07. The number of anilines is 2. The molecule has 1 amide bonds. The molecule has 0 spiro atoms. The van der Waals surface area contributed by atoms with E-state index in [-0.39, 0.29) is 5.91 Å². The molecule has 1 aromatic carbocycles. The lowest BCUT2D eigenvalue weighted by Crippen LogP contribution is -2.44. The van der Waals surface area contributed by atoms with Crippen molar-refractivity contribution in [3.8, 4) is 0 Å². The van der Waals surface area contributed by atoms with Crippen molar-refractivity contribution in [2.75, 3.05) is 10.2 Å². The minimum absolute atomic E-state index is 0.124. The Balaban J connectivity index is 1.90. The fourth-order valence-electron chi connectivity index (χ4n) is 3.12. The lowest BCUT2D eigenvalue weighted by molar-refractivity contribution is -0.117. The Kier molecular flexibility index (Phi) is 2.32. The Morgan fingerprint density at radius 2 is 2.05 bits per heavy atom. The van der Waals surface area contributed by atoms with Crippen LogP contribution in [0.5, 0.6) is 0 Å². The van der Waals surface area contributed by atoms with E-state index >= 15 is 0 Å². The van der Waals surface area contributed by atoms with E-state index in [0.717, 1.165) is 23.5 Å². The third-order valence-electron chi connectivity index (χ3n) is 4.01. The van der Waals surface area contributed by atoms with Crippen LogP contribution in [0.3, 0.4) is 0 Å². The van der Waals surface area contributed by atoms with Crippen molar-refractivity contribution < 1.29 is 4.79 Å². The third kappa shape index (κ3) is 1.42. The zero-order valence-electron chi connectivity index (χ0n) is 10.6. The number of hydrogen-bond acceptors (Lipinski definition) is 3. The minimum atomic E-state index is -0.516. The van der Waals surface area contributed by atoms with Crippen molar-refractivity contribution in [3.63, 3.8) is 0 Å². The largest absolute Gasteiger partial charge is 0.342 e. The summed E-state index contributed by atoms with van der Waals surface area (Å²) >= 11 is 5.96. The summed E-state index contributed by atoms with van der Waals surface area (Å²) in [7, 11) is 0. The molecule has 1 saturated heterocycles. The summed E-state index contributed by atoms with van der Waals surface area (Å²) in [5, 5.41) is 4.12. The van der Waals surface area contributed by atoms with E-state index < -0.39 is 5.66 Å². The molecule has 0 saturated carbocycles. The van der Waals surface area contributed by atoms with Crippen LogP contribution in [0.4, 0.5) is 11.5 Å². The van der Waals surface area contributed by atoms with Crippen LogP contribution >= 0.6 is 11.6 Å². The van der Waals surface area contributed by atoms with Gasteiger partial charge in [-0.25, -0.2) is 4.98 Å². The average molecular weight is 286 g/mol. The van der Waals surface area contributed by atoms with Crippen LogP contribution in [0, 0.1) is 0 Å². The summed E-state index contributed by atoms with van der Waals surface area (Å²) in [4.78, 5) is 18.5. The molecule has 1 N–H and O–H groups in total. The lowest BCUT2D eigenvalue weighted by atomic mass is 9.97. The van der Waals surface area contributed by atoms with Gasteiger partial charge in [-0.3, -0.25) is 9.69 Å². The number of halogens is 1. The summed E-state index contributed by atoms with van der Waals surface area (Å²) < 4.78 is 0. The van der Waals surface area contributed by atoms with Gasteiger partial charge in [0.2, 0.25) is 5.91 Å². The van der Waals surface area contributed by atoms with Crippen LogP contribution in [0.25, 0.3) is 0 Å². The maximum absolute atomic E-state index is 12.3. The summed E-state index contributed by atoms with van der Waals surface area (Å²) in [6, 6.07) is 11.4.